The molecule has 0 aliphatic carbocycles. The lowest BCUT2D eigenvalue weighted by molar-refractivity contribution is 0.214. The largest absolute Gasteiger partial charge is 0.493 e. The van der Waals surface area contributed by atoms with Crippen LogP contribution in [-0.4, -0.2) is 26.4 Å². The van der Waals surface area contributed by atoms with Gasteiger partial charge in [-0.2, -0.15) is 0 Å². The first-order chi connectivity index (χ1) is 8.58. The number of methoxy groups -OCH3 is 3. The number of hydrogen-bond acceptors (Lipinski definition) is 4. The molecule has 98 valence electrons. The molecule has 0 spiro atoms. The topological polar surface area (TPSA) is 47.9 Å². The van der Waals surface area contributed by atoms with Gasteiger partial charge < -0.3 is 19.3 Å². The Balaban J connectivity index is 3.35. The monoisotopic (exact) mass is 250 g/mol. The second-order valence-electron chi connectivity index (χ2n) is 3.72. The summed E-state index contributed by atoms with van der Waals surface area (Å²) >= 11 is 0. The third-order valence-electron chi connectivity index (χ3n) is 2.69. The van der Waals surface area contributed by atoms with Crippen molar-refractivity contribution >= 4 is 0 Å². The highest BCUT2D eigenvalue weighted by Gasteiger charge is 2.18. The summed E-state index contributed by atoms with van der Waals surface area (Å²) in [5, 5.41) is 10.1. The second kappa shape index (κ2) is 6.15. The van der Waals surface area contributed by atoms with Crippen LogP contribution in [0.1, 0.15) is 18.6 Å². The van der Waals surface area contributed by atoms with E-state index >= 15 is 0 Å². The highest BCUT2D eigenvalue weighted by Crippen LogP contribution is 2.40. The van der Waals surface area contributed by atoms with Gasteiger partial charge in [-0.25, -0.2) is 0 Å². The van der Waals surface area contributed by atoms with Crippen LogP contribution >= 0.6 is 0 Å². The van der Waals surface area contributed by atoms with Gasteiger partial charge in [0.15, 0.2) is 11.5 Å². The molecule has 1 aromatic rings. The predicted octanol–water partition coefficient (Wildman–Crippen LogP) is 2.48. The van der Waals surface area contributed by atoms with Gasteiger partial charge in [-0.15, -0.1) is 5.73 Å². The minimum absolute atomic E-state index is 0.496. The van der Waals surface area contributed by atoms with Crippen LogP contribution < -0.4 is 14.2 Å². The van der Waals surface area contributed by atoms with Gasteiger partial charge in [0.2, 0.25) is 5.75 Å². The minimum atomic E-state index is -0.795. The lowest BCUT2D eigenvalue weighted by atomic mass is 10.0. The smallest absolute Gasteiger partial charge is 0.203 e. The Hall–Kier alpha value is -1.90. The lowest BCUT2D eigenvalue weighted by Crippen LogP contribution is -2.02. The zero-order valence-electron chi connectivity index (χ0n) is 11.1. The summed E-state index contributed by atoms with van der Waals surface area (Å²) in [6.45, 7) is 5.27. The normalized spacial score (nSPS) is 11.4. The Labute approximate surface area is 107 Å². The maximum Gasteiger partial charge on any atom is 0.203 e. The van der Waals surface area contributed by atoms with Crippen LogP contribution in [0.25, 0.3) is 0 Å². The fourth-order valence-electron chi connectivity index (χ4n) is 1.61. The average Bonchev–Trinajstić information content (AvgIpc) is 2.43. The van der Waals surface area contributed by atoms with Crippen molar-refractivity contribution in [1.29, 1.82) is 0 Å². The first kappa shape index (κ1) is 14.2. The van der Waals surface area contributed by atoms with E-state index in [1.165, 1.54) is 21.3 Å². The lowest BCUT2D eigenvalue weighted by Gasteiger charge is -2.16. The van der Waals surface area contributed by atoms with Gasteiger partial charge in [-0.1, -0.05) is 6.58 Å². The molecule has 0 saturated carbocycles. The second-order valence-corrected chi connectivity index (χ2v) is 3.72. The molecule has 0 bridgehead atoms. The Bertz CT molecular complexity index is 448. The molecule has 0 saturated heterocycles. The Kier molecular flexibility index (Phi) is 4.84. The van der Waals surface area contributed by atoms with E-state index in [-0.39, 0.29) is 0 Å². The van der Waals surface area contributed by atoms with Gasteiger partial charge in [-0.3, -0.25) is 0 Å². The fourth-order valence-corrected chi connectivity index (χ4v) is 1.61. The molecule has 4 heteroatoms. The van der Waals surface area contributed by atoms with Crippen molar-refractivity contribution in [3.05, 3.63) is 35.6 Å². The van der Waals surface area contributed by atoms with Crippen LogP contribution in [0.15, 0.2) is 30.0 Å². The molecule has 1 atom stereocenters. The van der Waals surface area contributed by atoms with Crippen molar-refractivity contribution in [3.63, 3.8) is 0 Å². The molecule has 1 N–H and O–H groups in total. The number of benzene rings is 1. The Morgan fingerprint density at radius 3 is 2.00 bits per heavy atom. The predicted molar refractivity (Wildman–Crippen MR) is 69.4 cm³/mol. The summed E-state index contributed by atoms with van der Waals surface area (Å²) in [7, 11) is 4.60. The first-order valence-electron chi connectivity index (χ1n) is 5.43. The number of aliphatic hydroxyl groups is 1. The van der Waals surface area contributed by atoms with Crippen molar-refractivity contribution < 1.29 is 19.3 Å². The Morgan fingerprint density at radius 1 is 1.17 bits per heavy atom. The van der Waals surface area contributed by atoms with Gasteiger partial charge in [-0.05, 0) is 24.6 Å². The van der Waals surface area contributed by atoms with E-state index in [2.05, 4.69) is 12.3 Å². The minimum Gasteiger partial charge on any atom is -0.493 e. The molecule has 18 heavy (non-hydrogen) atoms. The molecule has 0 radical (unpaired) electrons. The average molecular weight is 250 g/mol. The SMILES string of the molecule is C=C=C(C)C(O)c1cc(OC)c(OC)c(OC)c1. The van der Waals surface area contributed by atoms with E-state index in [0.717, 1.165) is 0 Å². The molecule has 0 fully saturated rings. The summed E-state index contributed by atoms with van der Waals surface area (Å²) < 4.78 is 15.7. The van der Waals surface area contributed by atoms with E-state index < -0.39 is 6.10 Å². The maximum absolute atomic E-state index is 10.1. The molecular weight excluding hydrogens is 232 g/mol. The van der Waals surface area contributed by atoms with Gasteiger partial charge in [0.05, 0.1) is 21.3 Å². The molecule has 4 nitrogen and oxygen atoms in total. The summed E-state index contributed by atoms with van der Waals surface area (Å²) in [6, 6.07) is 3.40. The van der Waals surface area contributed by atoms with Crippen molar-refractivity contribution in [3.8, 4) is 17.2 Å². The number of hydrogen-bond donors (Lipinski definition) is 1. The zero-order chi connectivity index (χ0) is 13.7. The van der Waals surface area contributed by atoms with Gasteiger partial charge >= 0.3 is 0 Å². The van der Waals surface area contributed by atoms with Crippen LogP contribution in [0.5, 0.6) is 17.2 Å². The summed E-state index contributed by atoms with van der Waals surface area (Å²) in [4.78, 5) is 0. The Morgan fingerprint density at radius 2 is 1.67 bits per heavy atom. The van der Waals surface area contributed by atoms with E-state index in [4.69, 9.17) is 14.2 Å². The van der Waals surface area contributed by atoms with Crippen LogP contribution in [0.4, 0.5) is 0 Å². The fraction of sp³-hybridized carbons (Fsp3) is 0.357. The van der Waals surface area contributed by atoms with E-state index in [1.807, 2.05) is 0 Å². The van der Waals surface area contributed by atoms with Crippen LogP contribution in [-0.2, 0) is 0 Å². The molecular formula is C14H18O4. The van der Waals surface area contributed by atoms with Crippen LogP contribution in [0.2, 0.25) is 0 Å². The third kappa shape index (κ3) is 2.67. The van der Waals surface area contributed by atoms with Crippen molar-refractivity contribution in [2.45, 2.75) is 13.0 Å². The molecule has 0 aliphatic heterocycles. The molecule has 0 heterocycles. The molecule has 0 aromatic heterocycles. The molecule has 0 aliphatic rings. The molecule has 1 rings (SSSR count). The van der Waals surface area contributed by atoms with Crippen molar-refractivity contribution in [1.82, 2.24) is 0 Å². The number of ether oxygens (including phenoxy) is 3. The summed E-state index contributed by atoms with van der Waals surface area (Å²) in [5.41, 5.74) is 3.94. The molecule has 0 amide bonds. The van der Waals surface area contributed by atoms with Crippen molar-refractivity contribution in [2.24, 2.45) is 0 Å². The standard InChI is InChI=1S/C14H18O4/c1-6-9(2)13(15)10-7-11(16-3)14(18-5)12(8-10)17-4/h7-8,13,15H,1H2,2-5H3. The van der Waals surface area contributed by atoms with Gasteiger partial charge in [0, 0.05) is 5.57 Å². The van der Waals surface area contributed by atoms with Crippen molar-refractivity contribution in [2.75, 3.05) is 21.3 Å². The number of rotatable bonds is 5. The van der Waals surface area contributed by atoms with E-state index in [1.54, 1.807) is 19.1 Å². The van der Waals surface area contributed by atoms with Gasteiger partial charge in [0.1, 0.15) is 6.10 Å². The number of aliphatic hydroxyl groups excluding tert-OH is 1. The van der Waals surface area contributed by atoms with Crippen LogP contribution in [0.3, 0.4) is 0 Å². The van der Waals surface area contributed by atoms with Crippen LogP contribution in [0, 0.1) is 0 Å². The summed E-state index contributed by atoms with van der Waals surface area (Å²) in [6.07, 6.45) is -0.795. The van der Waals surface area contributed by atoms with E-state index in [9.17, 15) is 5.11 Å². The third-order valence-corrected chi connectivity index (χ3v) is 2.69. The molecule has 1 unspecified atom stereocenters. The summed E-state index contributed by atoms with van der Waals surface area (Å²) in [5.74, 6) is 1.50. The highest BCUT2D eigenvalue weighted by atomic mass is 16.5. The quantitative estimate of drug-likeness (QED) is 0.816. The molecule has 1 aromatic carbocycles. The zero-order valence-corrected chi connectivity index (χ0v) is 11.1. The van der Waals surface area contributed by atoms with E-state index in [0.29, 0.717) is 28.4 Å². The maximum atomic E-state index is 10.1. The highest BCUT2D eigenvalue weighted by molar-refractivity contribution is 5.54. The first-order valence-corrected chi connectivity index (χ1v) is 5.43. The van der Waals surface area contributed by atoms with Gasteiger partial charge in [0.25, 0.3) is 0 Å².